The minimum absolute atomic E-state index is 0.0961. The van der Waals surface area contributed by atoms with Crippen LogP contribution in [-0.4, -0.2) is 23.5 Å². The van der Waals surface area contributed by atoms with Gasteiger partial charge in [0.25, 0.3) is 0 Å². The van der Waals surface area contributed by atoms with Crippen LogP contribution in [-0.2, 0) is 4.79 Å². The maximum atomic E-state index is 12.2. The van der Waals surface area contributed by atoms with Gasteiger partial charge in [0.2, 0.25) is 5.91 Å². The first-order valence-electron chi connectivity index (χ1n) is 6.74. The van der Waals surface area contributed by atoms with Crippen LogP contribution in [0.4, 0.5) is 0 Å². The van der Waals surface area contributed by atoms with Crippen LogP contribution in [0, 0.1) is 5.92 Å². The molecule has 2 saturated heterocycles. The molecule has 0 radical (unpaired) electrons. The molecule has 3 fully saturated rings. The molecule has 90 valence electrons. The van der Waals surface area contributed by atoms with E-state index in [1.165, 1.54) is 25.7 Å². The zero-order chi connectivity index (χ0) is 11.2. The van der Waals surface area contributed by atoms with Gasteiger partial charge in [-0.25, -0.2) is 0 Å². The highest BCUT2D eigenvalue weighted by atomic mass is 16.2. The van der Waals surface area contributed by atoms with Crippen molar-refractivity contribution in [3.8, 4) is 0 Å². The molecule has 2 aliphatic heterocycles. The average Bonchev–Trinajstić information content (AvgIpc) is 2.92. The molecule has 0 spiro atoms. The van der Waals surface area contributed by atoms with Gasteiger partial charge in [-0.3, -0.25) is 4.79 Å². The van der Waals surface area contributed by atoms with Crippen molar-refractivity contribution in [1.29, 1.82) is 0 Å². The molecule has 3 nitrogen and oxygen atoms in total. The molecular formula is C13H22N2O. The molecule has 1 saturated carbocycles. The first-order chi connectivity index (χ1) is 7.66. The highest BCUT2D eigenvalue weighted by Crippen LogP contribution is 2.35. The third-order valence-electron chi connectivity index (χ3n) is 4.77. The number of hydrogen-bond donors (Lipinski definition) is 2. The molecule has 3 atom stereocenters. The highest BCUT2D eigenvalue weighted by molar-refractivity contribution is 5.80. The van der Waals surface area contributed by atoms with Crippen molar-refractivity contribution in [2.24, 2.45) is 5.92 Å². The molecule has 3 heteroatoms. The van der Waals surface area contributed by atoms with Crippen LogP contribution in [0.15, 0.2) is 0 Å². The summed E-state index contributed by atoms with van der Waals surface area (Å²) in [7, 11) is 0. The molecule has 2 heterocycles. The van der Waals surface area contributed by atoms with Crippen LogP contribution in [0.5, 0.6) is 0 Å². The summed E-state index contributed by atoms with van der Waals surface area (Å²) in [5.41, 5.74) is 0.0961. The fourth-order valence-electron chi connectivity index (χ4n) is 3.78. The lowest BCUT2D eigenvalue weighted by Gasteiger charge is -2.29. The van der Waals surface area contributed by atoms with Gasteiger partial charge in [0, 0.05) is 17.6 Å². The maximum Gasteiger partial charge on any atom is 0.225 e. The largest absolute Gasteiger partial charge is 0.351 e. The third kappa shape index (κ3) is 1.75. The van der Waals surface area contributed by atoms with Gasteiger partial charge in [-0.1, -0.05) is 12.8 Å². The molecule has 3 unspecified atom stereocenters. The van der Waals surface area contributed by atoms with Crippen LogP contribution < -0.4 is 10.6 Å². The third-order valence-corrected chi connectivity index (χ3v) is 4.77. The molecule has 1 aliphatic carbocycles. The molecule has 2 bridgehead atoms. The Morgan fingerprint density at radius 1 is 1.31 bits per heavy atom. The van der Waals surface area contributed by atoms with Crippen LogP contribution >= 0.6 is 0 Å². The van der Waals surface area contributed by atoms with Gasteiger partial charge in [0.15, 0.2) is 0 Å². The van der Waals surface area contributed by atoms with E-state index in [-0.39, 0.29) is 11.5 Å². The van der Waals surface area contributed by atoms with Crippen LogP contribution in [0.1, 0.15) is 51.9 Å². The van der Waals surface area contributed by atoms with Crippen LogP contribution in [0.3, 0.4) is 0 Å². The lowest BCUT2D eigenvalue weighted by molar-refractivity contribution is -0.127. The van der Waals surface area contributed by atoms with Gasteiger partial charge in [0.1, 0.15) is 0 Å². The van der Waals surface area contributed by atoms with E-state index in [0.717, 1.165) is 19.3 Å². The second kappa shape index (κ2) is 3.73. The Morgan fingerprint density at radius 3 is 2.62 bits per heavy atom. The lowest BCUT2D eigenvalue weighted by Crippen LogP contribution is -2.48. The van der Waals surface area contributed by atoms with Gasteiger partial charge in [-0.05, 0) is 39.0 Å². The smallest absolute Gasteiger partial charge is 0.225 e. The van der Waals surface area contributed by atoms with Gasteiger partial charge in [0.05, 0.1) is 5.92 Å². The molecule has 0 aromatic carbocycles. The summed E-state index contributed by atoms with van der Waals surface area (Å²) in [6, 6.07) is 1.09. The number of nitrogens with one attached hydrogen (secondary N) is 2. The highest BCUT2D eigenvalue weighted by Gasteiger charge is 2.44. The molecule has 3 rings (SSSR count). The van der Waals surface area contributed by atoms with Crippen molar-refractivity contribution in [3.63, 3.8) is 0 Å². The van der Waals surface area contributed by atoms with Crippen molar-refractivity contribution in [2.75, 3.05) is 0 Å². The fourth-order valence-corrected chi connectivity index (χ4v) is 3.78. The minimum Gasteiger partial charge on any atom is -0.351 e. The predicted octanol–water partition coefficient (Wildman–Crippen LogP) is 1.58. The molecule has 2 N–H and O–H groups in total. The molecule has 0 aromatic heterocycles. The van der Waals surface area contributed by atoms with E-state index < -0.39 is 0 Å². The summed E-state index contributed by atoms with van der Waals surface area (Å²) < 4.78 is 0. The number of rotatable bonds is 2. The zero-order valence-corrected chi connectivity index (χ0v) is 10.1. The first kappa shape index (κ1) is 10.6. The van der Waals surface area contributed by atoms with E-state index in [4.69, 9.17) is 0 Å². The van der Waals surface area contributed by atoms with Gasteiger partial charge in [-0.15, -0.1) is 0 Å². The van der Waals surface area contributed by atoms with E-state index in [2.05, 4.69) is 17.6 Å². The molecular weight excluding hydrogens is 200 g/mol. The van der Waals surface area contributed by atoms with E-state index in [0.29, 0.717) is 18.0 Å². The maximum absolute atomic E-state index is 12.2. The van der Waals surface area contributed by atoms with Gasteiger partial charge >= 0.3 is 0 Å². The Labute approximate surface area is 97.4 Å². The Hall–Kier alpha value is -0.570. The summed E-state index contributed by atoms with van der Waals surface area (Å²) in [6.45, 7) is 2.21. The normalized spacial score (nSPS) is 40.2. The van der Waals surface area contributed by atoms with Crippen molar-refractivity contribution < 1.29 is 4.79 Å². The van der Waals surface area contributed by atoms with E-state index in [9.17, 15) is 4.79 Å². The van der Waals surface area contributed by atoms with Crippen molar-refractivity contribution >= 4 is 5.91 Å². The lowest BCUT2D eigenvalue weighted by atomic mass is 9.87. The standard InChI is InChI=1S/C13H22N2O/c1-13(6-2-3-7-13)15-12(16)10-8-9-4-5-11(10)14-9/h9-11,14H,2-8H2,1H3,(H,15,16). The Bertz CT molecular complexity index is 296. The van der Waals surface area contributed by atoms with E-state index in [1.807, 2.05) is 0 Å². The van der Waals surface area contributed by atoms with Crippen LogP contribution in [0.2, 0.25) is 0 Å². The monoisotopic (exact) mass is 222 g/mol. The quantitative estimate of drug-likeness (QED) is 0.744. The number of amides is 1. The fraction of sp³-hybridized carbons (Fsp3) is 0.923. The van der Waals surface area contributed by atoms with E-state index in [1.54, 1.807) is 0 Å². The second-order valence-corrected chi connectivity index (χ2v) is 6.15. The SMILES string of the molecule is CC1(NC(=O)C2CC3CCC2N3)CCCC1. The number of fused-ring (bicyclic) bond motifs is 2. The average molecular weight is 222 g/mol. The molecule has 16 heavy (non-hydrogen) atoms. The Kier molecular flexibility index (Phi) is 2.46. The number of carbonyl (C=O) groups excluding carboxylic acids is 1. The molecule has 3 aliphatic rings. The molecule has 0 aromatic rings. The second-order valence-electron chi connectivity index (χ2n) is 6.15. The van der Waals surface area contributed by atoms with Gasteiger partial charge in [-0.2, -0.15) is 0 Å². The minimum atomic E-state index is 0.0961. The Balaban J connectivity index is 1.61. The summed E-state index contributed by atoms with van der Waals surface area (Å²) >= 11 is 0. The number of hydrogen-bond acceptors (Lipinski definition) is 2. The summed E-state index contributed by atoms with van der Waals surface area (Å²) in [6.07, 6.45) is 8.38. The van der Waals surface area contributed by atoms with E-state index >= 15 is 0 Å². The molecule has 1 amide bonds. The van der Waals surface area contributed by atoms with Crippen LogP contribution in [0.25, 0.3) is 0 Å². The first-order valence-corrected chi connectivity index (χ1v) is 6.74. The Morgan fingerprint density at radius 2 is 2.06 bits per heavy atom. The van der Waals surface area contributed by atoms with Crippen molar-refractivity contribution in [1.82, 2.24) is 10.6 Å². The van der Waals surface area contributed by atoms with Crippen molar-refractivity contribution in [3.05, 3.63) is 0 Å². The number of carbonyl (C=O) groups is 1. The van der Waals surface area contributed by atoms with Crippen molar-refractivity contribution in [2.45, 2.75) is 69.5 Å². The predicted molar refractivity (Wildman–Crippen MR) is 63.1 cm³/mol. The summed E-state index contributed by atoms with van der Waals surface area (Å²) in [5.74, 6) is 0.556. The topological polar surface area (TPSA) is 41.1 Å². The zero-order valence-electron chi connectivity index (χ0n) is 10.1. The van der Waals surface area contributed by atoms with Gasteiger partial charge < -0.3 is 10.6 Å². The summed E-state index contributed by atoms with van der Waals surface area (Å²) in [5, 5.41) is 6.84. The summed E-state index contributed by atoms with van der Waals surface area (Å²) in [4.78, 5) is 12.2.